The molecule has 0 bridgehead atoms. The molecule has 0 N–H and O–H groups in total. The van der Waals surface area contributed by atoms with Crippen molar-refractivity contribution in [3.8, 4) is 0 Å². The van der Waals surface area contributed by atoms with Gasteiger partial charge in [0.05, 0.1) is 0 Å². The Labute approximate surface area is 49.2 Å². The van der Waals surface area contributed by atoms with Crippen molar-refractivity contribution in [2.45, 2.75) is 0 Å². The Morgan fingerprint density at radius 3 is 1.25 bits per heavy atom. The Morgan fingerprint density at radius 2 is 1.25 bits per heavy atom. The molecule has 0 rings (SSSR count). The molecule has 0 aromatic carbocycles. The molecule has 0 nitrogen and oxygen atoms in total. The van der Waals surface area contributed by atoms with Crippen LogP contribution < -0.4 is 0 Å². The summed E-state index contributed by atoms with van der Waals surface area (Å²) in [5.74, 6) is 0. The van der Waals surface area contributed by atoms with Gasteiger partial charge in [-0.3, -0.25) is 0 Å². The Morgan fingerprint density at radius 1 is 1.25 bits per heavy atom. The van der Waals surface area contributed by atoms with E-state index in [0.717, 1.165) is 0 Å². The second-order valence-electron chi connectivity index (χ2n) is 0. The summed E-state index contributed by atoms with van der Waals surface area (Å²) in [4.78, 5) is 0. The van der Waals surface area contributed by atoms with Gasteiger partial charge in [0, 0.05) is 24.2 Å². The zero-order chi connectivity index (χ0) is 2.00. The maximum atomic E-state index is 3.83. The van der Waals surface area contributed by atoms with E-state index in [1.54, 1.807) is 0 Å². The molecule has 0 aliphatic carbocycles. The predicted molar refractivity (Wildman–Crippen MR) is 10.8 cm³/mol. The van der Waals surface area contributed by atoms with E-state index in [1.165, 1.54) is 0 Å². The molecule has 0 aromatic rings. The molecule has 0 heterocycles. The second-order valence-corrected chi connectivity index (χ2v) is 0. The van der Waals surface area contributed by atoms with Crippen LogP contribution >= 0.6 is 10.6 Å². The van der Waals surface area contributed by atoms with Crippen LogP contribution in [0.4, 0.5) is 0 Å². The fourth-order valence-electron chi connectivity index (χ4n) is 0. The van der Waals surface area contributed by atoms with Crippen LogP contribution in [0.1, 0.15) is 0 Å². The first-order chi connectivity index (χ1) is 1.00. The van der Waals surface area contributed by atoms with E-state index in [9.17, 15) is 0 Å². The van der Waals surface area contributed by atoms with Gasteiger partial charge in [0.25, 0.3) is 0 Å². The van der Waals surface area contributed by atoms with Crippen LogP contribution in [-0.4, -0.2) is 0 Å². The van der Waals surface area contributed by atoms with Crippen molar-refractivity contribution in [2.75, 3.05) is 0 Å². The van der Waals surface area contributed by atoms with Gasteiger partial charge in [0.2, 0.25) is 0 Å². The van der Waals surface area contributed by atoms with E-state index in [4.69, 9.17) is 0 Å². The van der Waals surface area contributed by atoms with Gasteiger partial charge in [0.1, 0.15) is 0 Å². The van der Waals surface area contributed by atoms with Gasteiger partial charge in [-0.2, -0.15) is 0 Å². The van der Waals surface area contributed by atoms with Crippen LogP contribution in [0.3, 0.4) is 0 Å². The molecule has 4 heavy (non-hydrogen) atoms. The first-order valence-electron chi connectivity index (χ1n) is 0.144. The Hall–Kier alpha value is 1.25. The topological polar surface area (TPSA) is 0 Å². The summed E-state index contributed by atoms with van der Waals surface area (Å²) >= 11 is 2.83. The molecule has 0 saturated carbocycles. The first-order valence-corrected chi connectivity index (χ1v) is 1.79. The fraction of sp³-hybridized carbons (Fsp3) is 0. The van der Waals surface area contributed by atoms with Crippen LogP contribution in [0.15, 0.2) is 0 Å². The van der Waals surface area contributed by atoms with E-state index < -0.39 is 0 Å². The zero-order valence-corrected chi connectivity index (χ0v) is 4.56. The maximum absolute atomic E-state index is 3.83. The molecule has 5 radical (unpaired) electrons. The molecular weight excluding hydrogens is 159 g/mol. The van der Waals surface area contributed by atoms with Crippen LogP contribution in [0, 0.1) is 7.43 Å². The average Bonchev–Trinajstić information content (AvgIpc) is 1.00. The monoisotopic (exact) mass is 159 g/mol. The fourth-order valence-corrected chi connectivity index (χ4v) is 0. The molecule has 0 fully saturated rings. The van der Waals surface area contributed by atoms with E-state index in [1.807, 2.05) is 0 Å². The molecule has 0 unspecified atom stereocenters. The van der Waals surface area contributed by atoms with Crippen molar-refractivity contribution < 1.29 is 31.2 Å². The standard InChI is InChI=1S/C.Co.Fe.S. The molecule has 0 atom stereocenters. The Balaban J connectivity index is -0.00000000500. The summed E-state index contributed by atoms with van der Waals surface area (Å²) in [6.45, 7) is 0. The number of rotatable bonds is 0. The summed E-state index contributed by atoms with van der Waals surface area (Å²) in [6.07, 6.45) is 0. The van der Waals surface area contributed by atoms with Crippen LogP contribution in [-0.2, 0) is 31.2 Å². The van der Waals surface area contributed by atoms with E-state index in [-0.39, 0.29) is 24.2 Å². The normalized spacial score (nSPS) is 1.25. The van der Waals surface area contributed by atoms with Gasteiger partial charge in [-0.25, -0.2) is 0 Å². The van der Waals surface area contributed by atoms with Gasteiger partial charge in [-0.15, -0.1) is 0 Å². The first kappa shape index (κ1) is 18.7. The van der Waals surface area contributed by atoms with Gasteiger partial charge in [-0.1, -0.05) is 0 Å². The van der Waals surface area contributed by atoms with Crippen molar-refractivity contribution in [2.24, 2.45) is 0 Å². The quantitative estimate of drug-likeness (QED) is 0.469. The third-order valence-corrected chi connectivity index (χ3v) is 0. The minimum absolute atomic E-state index is 0. The van der Waals surface area contributed by atoms with E-state index >= 15 is 0 Å². The summed E-state index contributed by atoms with van der Waals surface area (Å²) in [6, 6.07) is 0. The van der Waals surface area contributed by atoms with Crippen LogP contribution in [0.5, 0.6) is 0 Å². The van der Waals surface area contributed by atoms with Crippen molar-refractivity contribution in [1.82, 2.24) is 0 Å². The van der Waals surface area contributed by atoms with Gasteiger partial charge in [-0.05, 0) is 0 Å². The van der Waals surface area contributed by atoms with E-state index in [2.05, 4.69) is 24.9 Å². The van der Waals surface area contributed by atoms with Crippen molar-refractivity contribution in [3.63, 3.8) is 0 Å². The Kier molecular flexibility index (Phi) is 135. The van der Waals surface area contributed by atoms with Crippen molar-refractivity contribution in [1.29, 1.82) is 0 Å². The van der Waals surface area contributed by atoms with Crippen molar-refractivity contribution in [3.05, 3.63) is 7.43 Å². The third-order valence-electron chi connectivity index (χ3n) is 0. The van der Waals surface area contributed by atoms with Gasteiger partial charge in [0.15, 0.2) is 0 Å². The van der Waals surface area contributed by atoms with Crippen LogP contribution in [0.25, 0.3) is 0 Å². The molecule has 0 aromatic heterocycles. The molecule has 0 spiro atoms. The van der Waals surface area contributed by atoms with Gasteiger partial charge < -0.3 is 0 Å². The summed E-state index contributed by atoms with van der Waals surface area (Å²) < 4.78 is 0. The van der Waals surface area contributed by atoms with Gasteiger partial charge >= 0.3 is 24.9 Å². The molecule has 0 aliphatic heterocycles. The summed E-state index contributed by atoms with van der Waals surface area (Å²) in [7, 11) is 3.83. The average molecular weight is 159 g/mol. The molecule has 3 heteroatoms. The Bertz CT molecular complexity index is 8.00. The van der Waals surface area contributed by atoms with E-state index in [0.29, 0.717) is 0 Å². The van der Waals surface area contributed by atoms with Crippen LogP contribution in [0.2, 0.25) is 0 Å². The summed E-state index contributed by atoms with van der Waals surface area (Å²) in [5, 5.41) is 0. The minimum atomic E-state index is 0. The molecule has 0 aliphatic rings. The molecule has 0 saturated heterocycles. The molecule has 0 amide bonds. The second kappa shape index (κ2) is 28.8. The molecular formula is CCoFeS. The number of hydrogen-bond acceptors (Lipinski definition) is 1. The number of hydrogen-bond donors (Lipinski definition) is 0. The zero-order valence-electron chi connectivity index (χ0n) is 1.60. The third kappa shape index (κ3) is 10.5. The van der Waals surface area contributed by atoms with Crippen molar-refractivity contribution >= 4 is 10.6 Å². The predicted octanol–water partition coefficient (Wildman–Crippen LogP) is 0.724. The molecule has 27 valence electrons. The summed E-state index contributed by atoms with van der Waals surface area (Å²) in [5.41, 5.74) is 0. The SMILES string of the molecule is [C].[Co].[S]=[Fe].